The van der Waals surface area contributed by atoms with E-state index in [4.69, 9.17) is 4.74 Å². The number of ether oxygens (including phenoxy) is 1. The van der Waals surface area contributed by atoms with Gasteiger partial charge in [0.05, 0.1) is 7.11 Å². The second-order valence-corrected chi connectivity index (χ2v) is 4.65. The zero-order valence-electron chi connectivity index (χ0n) is 11.5. The van der Waals surface area contributed by atoms with E-state index >= 15 is 0 Å². The molecule has 0 saturated carbocycles. The van der Waals surface area contributed by atoms with Crippen molar-refractivity contribution in [3.8, 4) is 5.75 Å². The Labute approximate surface area is 115 Å². The number of hydrogen-bond acceptors (Lipinski definition) is 2. The van der Waals surface area contributed by atoms with Crippen LogP contribution in [0.3, 0.4) is 0 Å². The van der Waals surface area contributed by atoms with Crippen molar-refractivity contribution >= 4 is 6.08 Å². The Hall–Kier alpha value is -1.80. The van der Waals surface area contributed by atoms with Gasteiger partial charge in [0.15, 0.2) is 0 Å². The predicted molar refractivity (Wildman–Crippen MR) is 81.4 cm³/mol. The second kappa shape index (κ2) is 6.95. The Kier molecular flexibility index (Phi) is 4.99. The van der Waals surface area contributed by atoms with Crippen LogP contribution in [0.25, 0.3) is 6.08 Å². The third-order valence-electron chi connectivity index (χ3n) is 3.33. The molecule has 2 heteroatoms. The molecule has 1 aliphatic heterocycles. The summed E-state index contributed by atoms with van der Waals surface area (Å²) in [5, 5.41) is 0. The molecule has 0 atom stereocenters. The first-order chi connectivity index (χ1) is 9.33. The minimum Gasteiger partial charge on any atom is -0.496 e. The number of rotatable bonds is 5. The largest absolute Gasteiger partial charge is 0.496 e. The lowest BCUT2D eigenvalue weighted by atomic mass is 10.1. The smallest absolute Gasteiger partial charge is 0.126 e. The lowest BCUT2D eigenvalue weighted by molar-refractivity contribution is 0.327. The average Bonchev–Trinajstić information content (AvgIpc) is 2.47. The third-order valence-corrected chi connectivity index (χ3v) is 3.33. The molecular weight excluding hydrogens is 234 g/mol. The highest BCUT2D eigenvalue weighted by Gasteiger charge is 2.08. The van der Waals surface area contributed by atoms with Crippen LogP contribution in [0, 0.1) is 0 Å². The summed E-state index contributed by atoms with van der Waals surface area (Å²) < 4.78 is 5.34. The van der Waals surface area contributed by atoms with E-state index in [1.165, 1.54) is 5.57 Å². The van der Waals surface area contributed by atoms with Gasteiger partial charge < -0.3 is 4.74 Å². The van der Waals surface area contributed by atoms with Gasteiger partial charge in [0.25, 0.3) is 0 Å². The van der Waals surface area contributed by atoms with Gasteiger partial charge in [-0.1, -0.05) is 42.5 Å². The molecule has 0 fully saturated rings. The van der Waals surface area contributed by atoms with E-state index in [0.717, 1.165) is 37.4 Å². The normalized spacial score (nSPS) is 16.4. The lowest BCUT2D eigenvalue weighted by Gasteiger charge is -2.23. The van der Waals surface area contributed by atoms with Gasteiger partial charge in [-0.3, -0.25) is 4.90 Å². The van der Waals surface area contributed by atoms with Gasteiger partial charge in [0, 0.05) is 25.2 Å². The Bertz CT molecular complexity index is 488. The highest BCUT2D eigenvalue weighted by Crippen LogP contribution is 2.20. The summed E-state index contributed by atoms with van der Waals surface area (Å²) in [6, 6.07) is 8.08. The Balaban J connectivity index is 2.01. The number of methoxy groups -OCH3 is 1. The molecule has 1 aromatic carbocycles. The molecule has 0 bridgehead atoms. The molecule has 19 heavy (non-hydrogen) atoms. The standard InChI is InChI=1S/C17H21NO/c1-3-12-18-13-10-15(11-14-18)8-9-16-6-4-5-7-17(16)19-2/h3-10H,1,11-14H2,2H3/b9-8+. The summed E-state index contributed by atoms with van der Waals surface area (Å²) >= 11 is 0. The van der Waals surface area contributed by atoms with Crippen LogP contribution < -0.4 is 4.74 Å². The number of nitrogens with zero attached hydrogens (tertiary/aromatic N) is 1. The number of benzene rings is 1. The quantitative estimate of drug-likeness (QED) is 0.746. The van der Waals surface area contributed by atoms with Crippen LogP contribution in [0.5, 0.6) is 5.75 Å². The van der Waals surface area contributed by atoms with Gasteiger partial charge in [-0.15, -0.1) is 6.58 Å². The monoisotopic (exact) mass is 255 g/mol. The molecule has 0 N–H and O–H groups in total. The molecule has 0 unspecified atom stereocenters. The Morgan fingerprint density at radius 2 is 2.16 bits per heavy atom. The van der Waals surface area contributed by atoms with E-state index in [-0.39, 0.29) is 0 Å². The molecule has 0 radical (unpaired) electrons. The van der Waals surface area contributed by atoms with E-state index in [1.54, 1.807) is 7.11 Å². The summed E-state index contributed by atoms with van der Waals surface area (Å²) in [5.41, 5.74) is 2.52. The maximum atomic E-state index is 5.34. The third kappa shape index (κ3) is 3.83. The molecule has 2 nitrogen and oxygen atoms in total. The molecule has 0 aliphatic carbocycles. The molecular formula is C17H21NO. The first-order valence-corrected chi connectivity index (χ1v) is 6.67. The zero-order chi connectivity index (χ0) is 13.5. The number of para-hydroxylation sites is 1. The highest BCUT2D eigenvalue weighted by molar-refractivity contribution is 5.59. The summed E-state index contributed by atoms with van der Waals surface area (Å²) in [5.74, 6) is 0.920. The number of hydrogen-bond donors (Lipinski definition) is 0. The topological polar surface area (TPSA) is 12.5 Å². The first kappa shape index (κ1) is 13.6. The van der Waals surface area contributed by atoms with Gasteiger partial charge >= 0.3 is 0 Å². The molecule has 100 valence electrons. The minimum absolute atomic E-state index is 0.920. The number of allylic oxidation sites excluding steroid dienone is 1. The first-order valence-electron chi connectivity index (χ1n) is 6.67. The van der Waals surface area contributed by atoms with Crippen LogP contribution >= 0.6 is 0 Å². The Morgan fingerprint density at radius 1 is 1.32 bits per heavy atom. The van der Waals surface area contributed by atoms with Crippen LogP contribution in [0.1, 0.15) is 12.0 Å². The van der Waals surface area contributed by atoms with E-state index in [0.29, 0.717) is 0 Å². The Morgan fingerprint density at radius 3 is 2.84 bits per heavy atom. The van der Waals surface area contributed by atoms with Crippen molar-refractivity contribution in [3.63, 3.8) is 0 Å². The average molecular weight is 255 g/mol. The molecule has 0 saturated heterocycles. The van der Waals surface area contributed by atoms with E-state index in [9.17, 15) is 0 Å². The van der Waals surface area contributed by atoms with E-state index < -0.39 is 0 Å². The van der Waals surface area contributed by atoms with Gasteiger partial charge in [-0.25, -0.2) is 0 Å². The van der Waals surface area contributed by atoms with Crippen LogP contribution in [0.2, 0.25) is 0 Å². The second-order valence-electron chi connectivity index (χ2n) is 4.65. The van der Waals surface area contributed by atoms with Crippen LogP contribution in [0.4, 0.5) is 0 Å². The molecule has 0 spiro atoms. The molecule has 1 aliphatic rings. The van der Waals surface area contributed by atoms with Crippen LogP contribution in [-0.2, 0) is 0 Å². The van der Waals surface area contributed by atoms with Crippen molar-refractivity contribution in [2.75, 3.05) is 26.7 Å². The molecule has 1 aromatic rings. The highest BCUT2D eigenvalue weighted by atomic mass is 16.5. The molecule has 0 aromatic heterocycles. The predicted octanol–water partition coefficient (Wildman–Crippen LogP) is 3.53. The summed E-state index contributed by atoms with van der Waals surface area (Å²) in [6.45, 7) is 6.87. The minimum atomic E-state index is 0.920. The fourth-order valence-corrected chi connectivity index (χ4v) is 2.23. The zero-order valence-corrected chi connectivity index (χ0v) is 11.5. The van der Waals surface area contributed by atoms with Crippen molar-refractivity contribution < 1.29 is 4.74 Å². The van der Waals surface area contributed by atoms with Crippen molar-refractivity contribution in [2.24, 2.45) is 0 Å². The van der Waals surface area contributed by atoms with Gasteiger partial charge in [-0.05, 0) is 18.1 Å². The van der Waals surface area contributed by atoms with Crippen LogP contribution in [-0.4, -0.2) is 31.6 Å². The summed E-state index contributed by atoms with van der Waals surface area (Å²) in [4.78, 5) is 2.38. The van der Waals surface area contributed by atoms with Gasteiger partial charge in [0.1, 0.15) is 5.75 Å². The van der Waals surface area contributed by atoms with Crippen molar-refractivity contribution in [1.29, 1.82) is 0 Å². The molecule has 0 amide bonds. The van der Waals surface area contributed by atoms with E-state index in [1.807, 2.05) is 24.3 Å². The lowest BCUT2D eigenvalue weighted by Crippen LogP contribution is -2.28. The SMILES string of the molecule is C=CCN1CC=C(/C=C/c2ccccc2OC)CC1. The fraction of sp³-hybridized carbons (Fsp3) is 0.294. The summed E-state index contributed by atoms with van der Waals surface area (Å²) in [6.07, 6.45) is 9.68. The van der Waals surface area contributed by atoms with Crippen LogP contribution in [0.15, 0.2) is 54.6 Å². The van der Waals surface area contributed by atoms with Crippen molar-refractivity contribution in [1.82, 2.24) is 4.90 Å². The van der Waals surface area contributed by atoms with Gasteiger partial charge in [0.2, 0.25) is 0 Å². The van der Waals surface area contributed by atoms with Crippen molar-refractivity contribution in [3.05, 3.63) is 60.2 Å². The van der Waals surface area contributed by atoms with Gasteiger partial charge in [-0.2, -0.15) is 0 Å². The van der Waals surface area contributed by atoms with E-state index in [2.05, 4.69) is 35.8 Å². The maximum Gasteiger partial charge on any atom is 0.126 e. The molecule has 1 heterocycles. The summed E-state index contributed by atoms with van der Waals surface area (Å²) in [7, 11) is 1.71. The molecule has 2 rings (SSSR count). The fourth-order valence-electron chi connectivity index (χ4n) is 2.23. The maximum absolute atomic E-state index is 5.34. The van der Waals surface area contributed by atoms with Crippen molar-refractivity contribution in [2.45, 2.75) is 6.42 Å².